The Hall–Kier alpha value is -1.94. The number of rotatable bonds is 63. The first-order chi connectivity index (χ1) is 40.6. The number of hydrogen-bond acceptors (Lipinski definition) is 15. The molecule has 0 rings (SSSR count). The molecule has 0 radical (unpaired) electrons. The first-order valence-corrected chi connectivity index (χ1v) is 37.2. The fraction of sp³-hybridized carbons (Fsp3) is 0.939. The van der Waals surface area contributed by atoms with E-state index in [0.717, 1.165) is 102 Å². The second kappa shape index (κ2) is 56.1. The lowest BCUT2D eigenvalue weighted by Crippen LogP contribution is -2.30. The van der Waals surface area contributed by atoms with Gasteiger partial charge in [0.15, 0.2) is 12.2 Å². The fourth-order valence-corrected chi connectivity index (χ4v) is 11.4. The topological polar surface area (TPSA) is 237 Å². The van der Waals surface area contributed by atoms with Crippen molar-refractivity contribution in [3.63, 3.8) is 0 Å². The summed E-state index contributed by atoms with van der Waals surface area (Å²) in [5, 5.41) is 10.5. The first-order valence-electron chi connectivity index (χ1n) is 34.2. The summed E-state index contributed by atoms with van der Waals surface area (Å²) in [7, 11) is -9.89. The van der Waals surface area contributed by atoms with Crippen molar-refractivity contribution in [3.05, 3.63) is 0 Å². The SMILES string of the molecule is CC(C)CCCCCCCCCCCCCC(=O)OC[C@H](COP(=O)(O)OCC(O)COP(=O)(O)OC[C@@H](COC(=O)CCCCCCCCCCC(C)C)OC(=O)CCCCCCCCCC(C)C)OC(=O)CCCCCCCCCC(C)C. The van der Waals surface area contributed by atoms with Crippen molar-refractivity contribution in [2.45, 2.75) is 337 Å². The van der Waals surface area contributed by atoms with Crippen LogP contribution in [0.15, 0.2) is 0 Å². The lowest BCUT2D eigenvalue weighted by Gasteiger charge is -2.21. The largest absolute Gasteiger partial charge is 0.472 e. The van der Waals surface area contributed by atoms with Gasteiger partial charge in [-0.3, -0.25) is 37.3 Å². The third-order valence-electron chi connectivity index (χ3n) is 15.1. The maximum Gasteiger partial charge on any atom is 0.472 e. The van der Waals surface area contributed by atoms with E-state index in [2.05, 4.69) is 55.4 Å². The predicted octanol–water partition coefficient (Wildman–Crippen LogP) is 18.1. The average Bonchev–Trinajstić information content (AvgIpc) is 3.46. The van der Waals surface area contributed by atoms with Crippen molar-refractivity contribution in [3.8, 4) is 0 Å². The zero-order chi connectivity index (χ0) is 63.2. The van der Waals surface area contributed by atoms with Crippen LogP contribution in [-0.4, -0.2) is 96.7 Å². The Morgan fingerprint density at radius 3 is 0.729 bits per heavy atom. The van der Waals surface area contributed by atoms with Crippen molar-refractivity contribution >= 4 is 39.5 Å². The Kier molecular flexibility index (Phi) is 54.8. The molecule has 0 aliphatic rings. The molecular weight excluding hydrogens is 1130 g/mol. The third kappa shape index (κ3) is 60.7. The van der Waals surface area contributed by atoms with Gasteiger partial charge >= 0.3 is 39.5 Å². The van der Waals surface area contributed by atoms with Gasteiger partial charge in [0, 0.05) is 25.7 Å². The summed E-state index contributed by atoms with van der Waals surface area (Å²) in [5.41, 5.74) is 0. The predicted molar refractivity (Wildman–Crippen MR) is 340 cm³/mol. The zero-order valence-electron chi connectivity index (χ0n) is 55.2. The summed E-state index contributed by atoms with van der Waals surface area (Å²) in [5.74, 6) is 0.750. The minimum atomic E-state index is -4.95. The van der Waals surface area contributed by atoms with Crippen LogP contribution in [0.2, 0.25) is 0 Å². The minimum absolute atomic E-state index is 0.102. The number of phosphoric acid groups is 2. The number of phosphoric ester groups is 2. The van der Waals surface area contributed by atoms with Crippen molar-refractivity contribution in [1.29, 1.82) is 0 Å². The van der Waals surface area contributed by atoms with Crippen LogP contribution < -0.4 is 0 Å². The molecule has 0 aromatic carbocycles. The molecular formula is C66H128O17P2. The number of unbranched alkanes of at least 4 members (excludes halogenated alkanes) is 29. The van der Waals surface area contributed by atoms with Crippen LogP contribution in [0.3, 0.4) is 0 Å². The van der Waals surface area contributed by atoms with Crippen LogP contribution in [0.4, 0.5) is 0 Å². The van der Waals surface area contributed by atoms with E-state index < -0.39 is 97.5 Å². The summed E-state index contributed by atoms with van der Waals surface area (Å²) < 4.78 is 68.1. The molecule has 0 spiro atoms. The Balaban J connectivity index is 5.23. The van der Waals surface area contributed by atoms with Crippen LogP contribution in [-0.2, 0) is 65.4 Å². The molecule has 3 unspecified atom stereocenters. The standard InChI is InChI=1S/C66H128O17P2/c1-56(2)42-34-26-18-12-10-9-11-13-22-30-38-46-63(68)76-52-61(82-65(70)48-40-32-24-16-20-28-36-44-58(5)6)54-80-84(72,73)78-50-60(67)51-79-85(74,75)81-55-62(83-66(71)49-41-33-25-17-21-29-37-45-59(7)8)53-77-64(69)47-39-31-23-15-14-19-27-35-43-57(3)4/h56-62,67H,9-55H2,1-8H3,(H,72,73)(H,74,75)/t60?,61-,62-/m1/s1. The summed E-state index contributed by atoms with van der Waals surface area (Å²) in [4.78, 5) is 72.3. The molecule has 17 nitrogen and oxygen atoms in total. The summed E-state index contributed by atoms with van der Waals surface area (Å²) in [6, 6.07) is 0. The van der Waals surface area contributed by atoms with Gasteiger partial charge in [-0.1, -0.05) is 267 Å². The highest BCUT2D eigenvalue weighted by molar-refractivity contribution is 7.47. The van der Waals surface area contributed by atoms with Crippen LogP contribution in [0.5, 0.6) is 0 Å². The molecule has 0 aliphatic heterocycles. The van der Waals surface area contributed by atoms with Gasteiger partial charge in [0.2, 0.25) is 0 Å². The summed E-state index contributed by atoms with van der Waals surface area (Å²) >= 11 is 0. The highest BCUT2D eigenvalue weighted by Crippen LogP contribution is 2.45. The van der Waals surface area contributed by atoms with E-state index in [9.17, 15) is 43.2 Å². The molecule has 0 bridgehead atoms. The van der Waals surface area contributed by atoms with Crippen LogP contribution in [0, 0.1) is 23.7 Å². The van der Waals surface area contributed by atoms with Gasteiger partial charge in [0.1, 0.15) is 19.3 Å². The molecule has 504 valence electrons. The van der Waals surface area contributed by atoms with Crippen LogP contribution in [0.25, 0.3) is 0 Å². The van der Waals surface area contributed by atoms with E-state index >= 15 is 0 Å². The molecule has 19 heteroatoms. The molecule has 0 heterocycles. The van der Waals surface area contributed by atoms with Crippen molar-refractivity contribution < 1.29 is 80.2 Å². The molecule has 0 fully saturated rings. The van der Waals surface area contributed by atoms with Gasteiger partial charge in [-0.05, 0) is 49.4 Å². The van der Waals surface area contributed by atoms with Crippen LogP contribution in [0.1, 0.15) is 319 Å². The second-order valence-corrected chi connectivity index (χ2v) is 28.7. The number of carbonyl (C=O) groups is 4. The molecule has 0 aliphatic carbocycles. The summed E-state index contributed by atoms with van der Waals surface area (Å²) in [6.45, 7) is 14.0. The Morgan fingerprint density at radius 1 is 0.294 bits per heavy atom. The lowest BCUT2D eigenvalue weighted by atomic mass is 10.0. The minimum Gasteiger partial charge on any atom is -0.462 e. The molecule has 0 aromatic heterocycles. The van der Waals surface area contributed by atoms with Crippen molar-refractivity contribution in [2.24, 2.45) is 23.7 Å². The van der Waals surface area contributed by atoms with E-state index in [1.54, 1.807) is 0 Å². The highest BCUT2D eigenvalue weighted by atomic mass is 31.2. The van der Waals surface area contributed by atoms with Crippen LogP contribution >= 0.6 is 15.6 Å². The van der Waals surface area contributed by atoms with E-state index in [1.807, 2.05) is 0 Å². The number of aliphatic hydroxyl groups excluding tert-OH is 1. The van der Waals surface area contributed by atoms with E-state index in [0.29, 0.717) is 37.5 Å². The molecule has 0 saturated carbocycles. The van der Waals surface area contributed by atoms with Gasteiger partial charge in [-0.25, -0.2) is 9.13 Å². The number of ether oxygens (including phenoxy) is 4. The zero-order valence-corrected chi connectivity index (χ0v) is 57.0. The van der Waals surface area contributed by atoms with E-state index in [-0.39, 0.29) is 25.7 Å². The first kappa shape index (κ1) is 83.1. The number of hydrogen-bond donors (Lipinski definition) is 3. The molecule has 3 N–H and O–H groups in total. The average molecular weight is 1260 g/mol. The number of aliphatic hydroxyl groups is 1. The normalized spacial score (nSPS) is 14.4. The van der Waals surface area contributed by atoms with Gasteiger partial charge < -0.3 is 33.8 Å². The maximum atomic E-state index is 13.0. The van der Waals surface area contributed by atoms with E-state index in [4.69, 9.17) is 37.0 Å². The highest BCUT2D eigenvalue weighted by Gasteiger charge is 2.30. The Bertz CT molecular complexity index is 1700. The smallest absolute Gasteiger partial charge is 0.462 e. The third-order valence-corrected chi connectivity index (χ3v) is 17.0. The number of esters is 4. The Labute approximate surface area is 517 Å². The second-order valence-electron chi connectivity index (χ2n) is 25.8. The van der Waals surface area contributed by atoms with E-state index in [1.165, 1.54) is 122 Å². The van der Waals surface area contributed by atoms with Gasteiger partial charge in [-0.2, -0.15) is 0 Å². The lowest BCUT2D eigenvalue weighted by molar-refractivity contribution is -0.161. The Morgan fingerprint density at radius 2 is 0.494 bits per heavy atom. The molecule has 0 aromatic rings. The van der Waals surface area contributed by atoms with Gasteiger partial charge in [0.05, 0.1) is 26.4 Å². The monoisotopic (exact) mass is 1250 g/mol. The summed E-state index contributed by atoms with van der Waals surface area (Å²) in [6.07, 6.45) is 36.4. The van der Waals surface area contributed by atoms with Crippen molar-refractivity contribution in [2.75, 3.05) is 39.6 Å². The number of carbonyl (C=O) groups excluding carboxylic acids is 4. The quantitative estimate of drug-likeness (QED) is 0.0222. The fourth-order valence-electron chi connectivity index (χ4n) is 9.78. The molecule has 5 atom stereocenters. The van der Waals surface area contributed by atoms with Crippen molar-refractivity contribution in [1.82, 2.24) is 0 Å². The molecule has 85 heavy (non-hydrogen) atoms. The maximum absolute atomic E-state index is 13.0. The molecule has 0 saturated heterocycles. The van der Waals surface area contributed by atoms with Gasteiger partial charge in [0.25, 0.3) is 0 Å². The van der Waals surface area contributed by atoms with Gasteiger partial charge in [-0.15, -0.1) is 0 Å². The molecule has 0 amide bonds.